The Hall–Kier alpha value is -3.87. The highest BCUT2D eigenvalue weighted by Gasteiger charge is 2.17. The second kappa shape index (κ2) is 9.36. The fourth-order valence-electron chi connectivity index (χ4n) is 2.69. The third kappa shape index (κ3) is 4.90. The van der Waals surface area contributed by atoms with E-state index in [1.54, 1.807) is 74.0 Å². The van der Waals surface area contributed by atoms with E-state index in [0.717, 1.165) is 0 Å². The van der Waals surface area contributed by atoms with Crippen LogP contribution >= 0.6 is 0 Å². The van der Waals surface area contributed by atoms with Crippen molar-refractivity contribution in [2.75, 3.05) is 24.4 Å². The Morgan fingerprint density at radius 3 is 2.48 bits per heavy atom. The van der Waals surface area contributed by atoms with Gasteiger partial charge in [-0.1, -0.05) is 18.2 Å². The van der Waals surface area contributed by atoms with Crippen LogP contribution in [0.3, 0.4) is 0 Å². The summed E-state index contributed by atoms with van der Waals surface area (Å²) >= 11 is 0. The van der Waals surface area contributed by atoms with Gasteiger partial charge >= 0.3 is 0 Å². The summed E-state index contributed by atoms with van der Waals surface area (Å²) in [6.45, 7) is 2.20. The van der Waals surface area contributed by atoms with Crippen molar-refractivity contribution >= 4 is 23.2 Å². The molecule has 0 aliphatic rings. The van der Waals surface area contributed by atoms with Crippen LogP contribution in [0.2, 0.25) is 0 Å². The molecule has 0 saturated carbocycles. The normalized spacial score (nSPS) is 10.1. The van der Waals surface area contributed by atoms with Gasteiger partial charge in [-0.2, -0.15) is 0 Å². The largest absolute Gasteiger partial charge is 0.497 e. The lowest BCUT2D eigenvalue weighted by atomic mass is 10.1. The summed E-state index contributed by atoms with van der Waals surface area (Å²) < 4.78 is 10.6. The number of carbonyl (C=O) groups is 2. The lowest BCUT2D eigenvalue weighted by Gasteiger charge is -2.13. The number of amides is 2. The van der Waals surface area contributed by atoms with Crippen LogP contribution in [0.15, 0.2) is 66.9 Å². The van der Waals surface area contributed by atoms with E-state index in [9.17, 15) is 9.59 Å². The Balaban J connectivity index is 1.82. The zero-order valence-corrected chi connectivity index (χ0v) is 16.1. The molecule has 0 aliphatic carbocycles. The zero-order valence-electron chi connectivity index (χ0n) is 16.1. The van der Waals surface area contributed by atoms with E-state index >= 15 is 0 Å². The van der Waals surface area contributed by atoms with Gasteiger partial charge in [0.15, 0.2) is 0 Å². The lowest BCUT2D eigenvalue weighted by molar-refractivity contribution is 0.102. The molecule has 29 heavy (non-hydrogen) atoms. The predicted octanol–water partition coefficient (Wildman–Crippen LogP) is 3.99. The number of para-hydroxylation sites is 1. The molecule has 3 aromatic rings. The molecule has 2 amide bonds. The van der Waals surface area contributed by atoms with Gasteiger partial charge in [0.05, 0.1) is 25.0 Å². The van der Waals surface area contributed by atoms with Crippen LogP contribution in [-0.2, 0) is 0 Å². The highest BCUT2D eigenvalue weighted by atomic mass is 16.5. The molecular weight excluding hydrogens is 370 g/mol. The molecule has 1 heterocycles. The number of nitrogens with one attached hydrogen (secondary N) is 2. The van der Waals surface area contributed by atoms with E-state index in [4.69, 9.17) is 9.47 Å². The summed E-state index contributed by atoms with van der Waals surface area (Å²) in [6, 6.07) is 17.1. The van der Waals surface area contributed by atoms with Crippen LogP contribution in [-0.4, -0.2) is 30.5 Å². The quantitative estimate of drug-likeness (QED) is 0.636. The van der Waals surface area contributed by atoms with Crippen molar-refractivity contribution in [2.45, 2.75) is 6.92 Å². The first-order valence-electron chi connectivity index (χ1n) is 9.06. The second-order valence-electron chi connectivity index (χ2n) is 5.97. The fraction of sp³-hybridized carbons (Fsp3) is 0.136. The molecular formula is C22H21N3O4. The molecule has 0 unspecified atom stereocenters. The Morgan fingerprint density at radius 2 is 1.69 bits per heavy atom. The van der Waals surface area contributed by atoms with Crippen molar-refractivity contribution in [3.8, 4) is 11.6 Å². The molecule has 3 rings (SSSR count). The van der Waals surface area contributed by atoms with E-state index < -0.39 is 5.91 Å². The van der Waals surface area contributed by atoms with E-state index in [1.165, 1.54) is 0 Å². The summed E-state index contributed by atoms with van der Waals surface area (Å²) in [5.41, 5.74) is 1.58. The number of rotatable bonds is 7. The molecule has 2 N–H and O–H groups in total. The summed E-state index contributed by atoms with van der Waals surface area (Å²) in [7, 11) is 1.56. The Kier molecular flexibility index (Phi) is 6.42. The van der Waals surface area contributed by atoms with Crippen molar-refractivity contribution in [3.63, 3.8) is 0 Å². The number of hydrogen-bond donors (Lipinski definition) is 2. The molecule has 0 atom stereocenters. The standard InChI is InChI=1S/C22H21N3O4/c1-3-29-22-18(11-7-13-23-22)21(27)25-19-12-5-4-10-17(19)20(26)24-15-8-6-9-16(14-15)28-2/h4-14H,3H2,1-2H3,(H,24,26)(H,25,27). The van der Waals surface area contributed by atoms with Gasteiger partial charge in [0.2, 0.25) is 5.88 Å². The summed E-state index contributed by atoms with van der Waals surface area (Å²) in [5, 5.41) is 5.58. The second-order valence-corrected chi connectivity index (χ2v) is 5.97. The SMILES string of the molecule is CCOc1ncccc1C(=O)Nc1ccccc1C(=O)Nc1cccc(OC)c1. The maximum absolute atomic E-state index is 12.8. The third-order valence-electron chi connectivity index (χ3n) is 4.04. The van der Waals surface area contributed by atoms with Gasteiger partial charge in [-0.05, 0) is 43.3 Å². The number of carbonyl (C=O) groups excluding carboxylic acids is 2. The van der Waals surface area contributed by atoms with Gasteiger partial charge in [-0.25, -0.2) is 4.98 Å². The number of hydrogen-bond acceptors (Lipinski definition) is 5. The predicted molar refractivity (Wildman–Crippen MR) is 111 cm³/mol. The summed E-state index contributed by atoms with van der Waals surface area (Å²) in [4.78, 5) is 29.6. The van der Waals surface area contributed by atoms with Crippen molar-refractivity contribution in [1.82, 2.24) is 4.98 Å². The highest BCUT2D eigenvalue weighted by molar-refractivity contribution is 6.13. The van der Waals surface area contributed by atoms with Crippen molar-refractivity contribution in [3.05, 3.63) is 78.0 Å². The van der Waals surface area contributed by atoms with Crippen LogP contribution < -0.4 is 20.1 Å². The number of nitrogens with zero attached hydrogens (tertiary/aromatic N) is 1. The van der Waals surface area contributed by atoms with Crippen molar-refractivity contribution in [1.29, 1.82) is 0 Å². The Bertz CT molecular complexity index is 1020. The van der Waals surface area contributed by atoms with E-state index in [2.05, 4.69) is 15.6 Å². The van der Waals surface area contributed by atoms with Gasteiger partial charge in [0.25, 0.3) is 11.8 Å². The molecule has 2 aromatic carbocycles. The summed E-state index contributed by atoms with van der Waals surface area (Å²) in [5.74, 6) is 0.101. The molecule has 0 aliphatic heterocycles. The molecule has 148 valence electrons. The van der Waals surface area contributed by atoms with Gasteiger partial charge in [0.1, 0.15) is 11.3 Å². The Labute approximate surface area is 168 Å². The molecule has 0 radical (unpaired) electrons. The van der Waals surface area contributed by atoms with Crippen LogP contribution in [0.1, 0.15) is 27.6 Å². The smallest absolute Gasteiger partial charge is 0.261 e. The highest BCUT2D eigenvalue weighted by Crippen LogP contribution is 2.22. The van der Waals surface area contributed by atoms with E-state index in [1.807, 2.05) is 6.92 Å². The van der Waals surface area contributed by atoms with Crippen LogP contribution in [0.4, 0.5) is 11.4 Å². The molecule has 7 heteroatoms. The van der Waals surface area contributed by atoms with Crippen molar-refractivity contribution < 1.29 is 19.1 Å². The topological polar surface area (TPSA) is 89.5 Å². The monoisotopic (exact) mass is 391 g/mol. The Morgan fingerprint density at radius 1 is 0.931 bits per heavy atom. The maximum atomic E-state index is 12.8. The third-order valence-corrected chi connectivity index (χ3v) is 4.04. The van der Waals surface area contributed by atoms with E-state index in [0.29, 0.717) is 29.3 Å². The first-order valence-corrected chi connectivity index (χ1v) is 9.06. The van der Waals surface area contributed by atoms with Gasteiger partial charge < -0.3 is 20.1 Å². The van der Waals surface area contributed by atoms with Crippen molar-refractivity contribution in [2.24, 2.45) is 0 Å². The minimum atomic E-state index is -0.414. The van der Waals surface area contributed by atoms with Crippen LogP contribution in [0.5, 0.6) is 11.6 Å². The number of anilines is 2. The molecule has 0 saturated heterocycles. The first-order chi connectivity index (χ1) is 14.1. The summed E-state index contributed by atoms with van der Waals surface area (Å²) in [6.07, 6.45) is 1.55. The van der Waals surface area contributed by atoms with Crippen LogP contribution in [0, 0.1) is 0 Å². The average Bonchev–Trinajstić information content (AvgIpc) is 2.74. The molecule has 0 fully saturated rings. The van der Waals surface area contributed by atoms with Gasteiger partial charge in [-0.15, -0.1) is 0 Å². The average molecular weight is 391 g/mol. The minimum Gasteiger partial charge on any atom is -0.497 e. The minimum absolute atomic E-state index is 0.241. The molecule has 1 aromatic heterocycles. The zero-order chi connectivity index (χ0) is 20.6. The van der Waals surface area contributed by atoms with Gasteiger partial charge in [0, 0.05) is 18.0 Å². The fourth-order valence-corrected chi connectivity index (χ4v) is 2.69. The first kappa shape index (κ1) is 19.9. The maximum Gasteiger partial charge on any atom is 0.261 e. The van der Waals surface area contributed by atoms with E-state index in [-0.39, 0.29) is 17.4 Å². The number of benzene rings is 2. The number of ether oxygens (including phenoxy) is 2. The lowest BCUT2D eigenvalue weighted by Crippen LogP contribution is -2.19. The number of aromatic nitrogens is 1. The van der Waals surface area contributed by atoms with Gasteiger partial charge in [-0.3, -0.25) is 9.59 Å². The molecule has 0 spiro atoms. The van der Waals surface area contributed by atoms with Crippen LogP contribution in [0.25, 0.3) is 0 Å². The number of pyridine rings is 1. The number of methoxy groups -OCH3 is 1. The molecule has 0 bridgehead atoms. The molecule has 7 nitrogen and oxygen atoms in total.